The van der Waals surface area contributed by atoms with Crippen LogP contribution in [0, 0.1) is 0 Å². The fourth-order valence-corrected chi connectivity index (χ4v) is 7.33. The number of rotatable bonds is 11. The van der Waals surface area contributed by atoms with E-state index in [4.69, 9.17) is 0 Å². The Morgan fingerprint density at radius 3 is 2.47 bits per heavy atom. The third-order valence-electron chi connectivity index (χ3n) is 8.66. The van der Waals surface area contributed by atoms with E-state index >= 15 is 0 Å². The van der Waals surface area contributed by atoms with Crippen molar-refractivity contribution in [3.05, 3.63) is 106 Å². The maximum Gasteiger partial charge on any atom is 0.262 e. The SMILES string of the molecule is O=C(NC1(C(=O)N[C@H](Cc2ccccc2)C(=O)NCCCN2CCCC2)CCc2ccccc21)c1cc2ccccc2s1. The Morgan fingerprint density at radius 1 is 0.907 bits per heavy atom. The van der Waals surface area contributed by atoms with Crippen molar-refractivity contribution >= 4 is 39.1 Å². The summed E-state index contributed by atoms with van der Waals surface area (Å²) in [6.07, 6.45) is 4.77. The van der Waals surface area contributed by atoms with Crippen LogP contribution in [-0.2, 0) is 28.0 Å². The third kappa shape index (κ3) is 6.50. The van der Waals surface area contributed by atoms with Crippen molar-refractivity contribution in [3.63, 3.8) is 0 Å². The second-order valence-corrected chi connectivity index (χ2v) is 12.7. The molecule has 3 aromatic carbocycles. The van der Waals surface area contributed by atoms with E-state index in [2.05, 4.69) is 20.9 Å². The van der Waals surface area contributed by atoms with Gasteiger partial charge in [0.25, 0.3) is 11.8 Å². The molecule has 222 valence electrons. The Morgan fingerprint density at radius 2 is 1.65 bits per heavy atom. The van der Waals surface area contributed by atoms with E-state index in [1.807, 2.05) is 84.9 Å². The van der Waals surface area contributed by atoms with Crippen LogP contribution in [0.1, 0.15) is 52.0 Å². The van der Waals surface area contributed by atoms with Crippen LogP contribution in [-0.4, -0.2) is 54.8 Å². The van der Waals surface area contributed by atoms with Crippen LogP contribution >= 0.6 is 11.3 Å². The molecule has 2 aliphatic rings. The van der Waals surface area contributed by atoms with Crippen LogP contribution in [0.3, 0.4) is 0 Å². The third-order valence-corrected chi connectivity index (χ3v) is 9.78. The molecule has 1 fully saturated rings. The summed E-state index contributed by atoms with van der Waals surface area (Å²) in [6.45, 7) is 3.75. The van der Waals surface area contributed by atoms with Crippen LogP contribution in [0.5, 0.6) is 0 Å². The van der Waals surface area contributed by atoms with Crippen LogP contribution in [0.25, 0.3) is 10.1 Å². The average molecular weight is 595 g/mol. The Hall–Kier alpha value is -4.01. The highest BCUT2D eigenvalue weighted by Gasteiger charge is 2.47. The van der Waals surface area contributed by atoms with E-state index in [-0.39, 0.29) is 17.7 Å². The van der Waals surface area contributed by atoms with Gasteiger partial charge in [0.2, 0.25) is 5.91 Å². The molecule has 2 heterocycles. The van der Waals surface area contributed by atoms with Gasteiger partial charge in [0.15, 0.2) is 0 Å². The molecule has 6 rings (SSSR count). The van der Waals surface area contributed by atoms with Crippen molar-refractivity contribution < 1.29 is 14.4 Å². The minimum atomic E-state index is -1.28. The van der Waals surface area contributed by atoms with E-state index in [0.717, 1.165) is 52.8 Å². The normalized spacial score (nSPS) is 18.7. The van der Waals surface area contributed by atoms with Crippen LogP contribution in [0.15, 0.2) is 84.9 Å². The van der Waals surface area contributed by atoms with Gasteiger partial charge in [-0.3, -0.25) is 14.4 Å². The van der Waals surface area contributed by atoms with E-state index in [1.165, 1.54) is 24.2 Å². The standard InChI is InChI=1S/C35H38N4O3S/c40-32(36-19-10-22-39-20-8-9-21-39)29(23-25-11-2-1-3-12-25)37-34(42)35(18-17-26-13-4-6-15-28(26)35)38-33(41)31-24-27-14-5-7-16-30(27)43-31/h1-7,11-16,24,29H,8-10,17-23H2,(H,36,40)(H,37,42)(H,38,41)/t29-,35?/m1/s1. The Bertz CT molecular complexity index is 1560. The lowest BCUT2D eigenvalue weighted by molar-refractivity contribution is -0.133. The van der Waals surface area contributed by atoms with Crippen LogP contribution in [0.2, 0.25) is 0 Å². The molecule has 0 spiro atoms. The number of benzene rings is 3. The lowest BCUT2D eigenvalue weighted by atomic mass is 9.89. The Labute approximate surface area is 256 Å². The van der Waals surface area contributed by atoms with Crippen LogP contribution in [0.4, 0.5) is 0 Å². The molecular weight excluding hydrogens is 556 g/mol. The minimum Gasteiger partial charge on any atom is -0.354 e. The molecule has 4 aromatic rings. The van der Waals surface area contributed by atoms with Crippen LogP contribution < -0.4 is 16.0 Å². The fraction of sp³-hybridized carbons (Fsp3) is 0.343. The minimum absolute atomic E-state index is 0.212. The number of thiophene rings is 1. The number of amides is 3. The summed E-state index contributed by atoms with van der Waals surface area (Å²) in [5.41, 5.74) is 1.48. The summed E-state index contributed by atoms with van der Waals surface area (Å²) in [7, 11) is 0. The summed E-state index contributed by atoms with van der Waals surface area (Å²) < 4.78 is 1.02. The number of hydrogen-bond donors (Lipinski definition) is 3. The number of likely N-dealkylation sites (tertiary alicyclic amines) is 1. The van der Waals surface area contributed by atoms with Gasteiger partial charge in [0, 0.05) is 17.7 Å². The first-order chi connectivity index (χ1) is 21.0. The second-order valence-electron chi connectivity index (χ2n) is 11.6. The molecule has 1 aliphatic heterocycles. The number of carbonyl (C=O) groups excluding carboxylic acids is 3. The van der Waals surface area contributed by atoms with Gasteiger partial charge in [0.1, 0.15) is 11.6 Å². The second kappa shape index (κ2) is 13.1. The van der Waals surface area contributed by atoms with E-state index in [0.29, 0.717) is 30.7 Å². The van der Waals surface area contributed by atoms with Crippen molar-refractivity contribution in [2.45, 2.75) is 50.1 Å². The van der Waals surface area contributed by atoms with E-state index in [1.54, 1.807) is 0 Å². The maximum atomic E-state index is 14.4. The molecule has 1 aliphatic carbocycles. The number of nitrogens with one attached hydrogen (secondary N) is 3. The molecule has 1 saturated heterocycles. The fourth-order valence-electron chi connectivity index (χ4n) is 6.37. The lowest BCUT2D eigenvalue weighted by Gasteiger charge is -2.32. The van der Waals surface area contributed by atoms with Gasteiger partial charge >= 0.3 is 0 Å². The average Bonchev–Trinajstić information content (AvgIpc) is 3.79. The monoisotopic (exact) mass is 594 g/mol. The molecular formula is C35H38N4O3S. The van der Waals surface area contributed by atoms with Gasteiger partial charge in [-0.15, -0.1) is 11.3 Å². The number of carbonyl (C=O) groups is 3. The van der Waals surface area contributed by atoms with Gasteiger partial charge in [0.05, 0.1) is 4.88 Å². The molecule has 1 unspecified atom stereocenters. The molecule has 2 atom stereocenters. The summed E-state index contributed by atoms with van der Waals surface area (Å²) in [5.74, 6) is -0.866. The van der Waals surface area contributed by atoms with E-state index in [9.17, 15) is 14.4 Å². The van der Waals surface area contributed by atoms with Crippen molar-refractivity contribution in [3.8, 4) is 0 Å². The lowest BCUT2D eigenvalue weighted by Crippen LogP contribution is -2.59. The smallest absolute Gasteiger partial charge is 0.262 e. The zero-order valence-electron chi connectivity index (χ0n) is 24.3. The number of hydrogen-bond acceptors (Lipinski definition) is 5. The number of fused-ring (bicyclic) bond motifs is 2. The highest BCUT2D eigenvalue weighted by atomic mass is 32.1. The van der Waals surface area contributed by atoms with Gasteiger partial charge < -0.3 is 20.9 Å². The zero-order valence-corrected chi connectivity index (χ0v) is 25.1. The van der Waals surface area contributed by atoms with Crippen molar-refractivity contribution in [1.82, 2.24) is 20.9 Å². The largest absolute Gasteiger partial charge is 0.354 e. The van der Waals surface area contributed by atoms with Gasteiger partial charge in [-0.05, 0) is 85.9 Å². The van der Waals surface area contributed by atoms with Gasteiger partial charge in [-0.25, -0.2) is 0 Å². The van der Waals surface area contributed by atoms with Crippen molar-refractivity contribution in [2.24, 2.45) is 0 Å². The zero-order chi connectivity index (χ0) is 29.6. The predicted octanol–water partition coefficient (Wildman–Crippen LogP) is 4.80. The topological polar surface area (TPSA) is 90.5 Å². The Balaban J connectivity index is 1.23. The van der Waals surface area contributed by atoms with Crippen molar-refractivity contribution in [1.29, 1.82) is 0 Å². The first-order valence-corrected chi connectivity index (χ1v) is 16.1. The molecule has 1 aromatic heterocycles. The molecule has 0 saturated carbocycles. The number of aryl methyl sites for hydroxylation is 1. The highest BCUT2D eigenvalue weighted by molar-refractivity contribution is 7.20. The molecule has 0 radical (unpaired) electrons. The summed E-state index contributed by atoms with van der Waals surface area (Å²) >= 11 is 1.41. The summed E-state index contributed by atoms with van der Waals surface area (Å²) in [5, 5.41) is 10.3. The first kappa shape index (κ1) is 29.1. The highest BCUT2D eigenvalue weighted by Crippen LogP contribution is 2.38. The molecule has 43 heavy (non-hydrogen) atoms. The quantitative estimate of drug-likeness (QED) is 0.218. The predicted molar refractivity (Wildman–Crippen MR) is 171 cm³/mol. The van der Waals surface area contributed by atoms with Crippen molar-refractivity contribution in [2.75, 3.05) is 26.2 Å². The van der Waals surface area contributed by atoms with Gasteiger partial charge in [-0.2, -0.15) is 0 Å². The summed E-state index contributed by atoms with van der Waals surface area (Å²) in [6, 6.07) is 26.4. The maximum absolute atomic E-state index is 14.4. The van der Waals surface area contributed by atoms with E-state index < -0.39 is 11.6 Å². The molecule has 3 amide bonds. The van der Waals surface area contributed by atoms with Gasteiger partial charge in [-0.1, -0.05) is 72.8 Å². The first-order valence-electron chi connectivity index (χ1n) is 15.3. The molecule has 3 N–H and O–H groups in total. The molecule has 8 heteroatoms. The molecule has 7 nitrogen and oxygen atoms in total. The number of nitrogens with zero attached hydrogens (tertiary/aromatic N) is 1. The summed E-state index contributed by atoms with van der Waals surface area (Å²) in [4.78, 5) is 44.6. The molecule has 0 bridgehead atoms. The Kier molecular flexibility index (Phi) is 8.86.